The lowest BCUT2D eigenvalue weighted by molar-refractivity contribution is -0.140. The monoisotopic (exact) mass is 496 g/mol. The van der Waals surface area contributed by atoms with Crippen LogP contribution in [0.15, 0.2) is 48.0 Å². The SMILES string of the molecule is COc1cc(C2/C(=C(/O)c3cccc(OC(C)C)c3)C(=O)C(=O)N2CCN(C)C)ccc1OC(C)C. The van der Waals surface area contributed by atoms with Gasteiger partial charge in [0.15, 0.2) is 11.5 Å². The zero-order valence-electron chi connectivity index (χ0n) is 22.1. The minimum Gasteiger partial charge on any atom is -0.507 e. The number of benzene rings is 2. The van der Waals surface area contributed by atoms with Gasteiger partial charge in [-0.1, -0.05) is 18.2 Å². The summed E-state index contributed by atoms with van der Waals surface area (Å²) >= 11 is 0. The van der Waals surface area contributed by atoms with Crippen LogP contribution in [-0.2, 0) is 9.59 Å². The van der Waals surface area contributed by atoms with Crippen molar-refractivity contribution < 1.29 is 28.9 Å². The molecule has 0 aromatic heterocycles. The first-order chi connectivity index (χ1) is 17.0. The van der Waals surface area contributed by atoms with E-state index >= 15 is 0 Å². The quantitative estimate of drug-likeness (QED) is 0.299. The van der Waals surface area contributed by atoms with Gasteiger partial charge in [0.25, 0.3) is 11.7 Å². The van der Waals surface area contributed by atoms with Gasteiger partial charge in [-0.2, -0.15) is 0 Å². The van der Waals surface area contributed by atoms with Gasteiger partial charge in [-0.25, -0.2) is 0 Å². The van der Waals surface area contributed by atoms with E-state index in [9.17, 15) is 14.7 Å². The van der Waals surface area contributed by atoms with Crippen LogP contribution < -0.4 is 14.2 Å². The summed E-state index contributed by atoms with van der Waals surface area (Å²) in [5.41, 5.74) is 1.06. The number of amides is 1. The number of aliphatic hydroxyl groups excluding tert-OH is 1. The summed E-state index contributed by atoms with van der Waals surface area (Å²) in [5.74, 6) is -0.0372. The molecule has 0 radical (unpaired) electrons. The number of aliphatic hydroxyl groups is 1. The molecule has 2 aromatic rings. The largest absolute Gasteiger partial charge is 0.507 e. The Morgan fingerprint density at radius 1 is 1.00 bits per heavy atom. The summed E-state index contributed by atoms with van der Waals surface area (Å²) in [6, 6.07) is 11.4. The molecule has 1 saturated heterocycles. The maximum atomic E-state index is 13.3. The van der Waals surface area contributed by atoms with Crippen LogP contribution in [-0.4, -0.2) is 73.1 Å². The molecule has 1 fully saturated rings. The Hall–Kier alpha value is -3.52. The van der Waals surface area contributed by atoms with Crippen molar-refractivity contribution in [3.05, 3.63) is 59.2 Å². The standard InChI is InChI=1S/C28H36N2O6/c1-17(2)35-21-10-8-9-20(15-21)26(31)24-25(30(14-13-29(5)6)28(33)27(24)32)19-11-12-22(36-18(3)4)23(16-19)34-7/h8-12,15-18,25,31H,13-14H2,1-7H3/b26-24-. The summed E-state index contributed by atoms with van der Waals surface area (Å²) in [6.07, 6.45) is -0.117. The number of likely N-dealkylation sites (tertiary alicyclic amines) is 1. The molecule has 1 unspecified atom stereocenters. The molecule has 1 N–H and O–H groups in total. The number of nitrogens with zero attached hydrogens (tertiary/aromatic N) is 2. The Balaban J connectivity index is 2.16. The first kappa shape index (κ1) is 27.1. The van der Waals surface area contributed by atoms with Gasteiger partial charge in [0.05, 0.1) is 30.9 Å². The van der Waals surface area contributed by atoms with E-state index in [4.69, 9.17) is 14.2 Å². The van der Waals surface area contributed by atoms with Crippen molar-refractivity contribution in [3.8, 4) is 17.2 Å². The lowest BCUT2D eigenvalue weighted by atomic mass is 9.95. The molecule has 8 heteroatoms. The zero-order valence-corrected chi connectivity index (χ0v) is 22.1. The number of Topliss-reactive ketones (excluding diaryl/α,β-unsaturated/α-hetero) is 1. The number of hydrogen-bond acceptors (Lipinski definition) is 7. The number of carbonyl (C=O) groups excluding carboxylic acids is 2. The van der Waals surface area contributed by atoms with E-state index in [1.54, 1.807) is 42.5 Å². The van der Waals surface area contributed by atoms with Gasteiger partial charge in [-0.05, 0) is 71.6 Å². The fourth-order valence-corrected chi connectivity index (χ4v) is 4.11. The smallest absolute Gasteiger partial charge is 0.295 e. The Morgan fingerprint density at radius 2 is 1.69 bits per heavy atom. The highest BCUT2D eigenvalue weighted by molar-refractivity contribution is 6.46. The van der Waals surface area contributed by atoms with Crippen LogP contribution >= 0.6 is 0 Å². The van der Waals surface area contributed by atoms with Gasteiger partial charge in [-0.15, -0.1) is 0 Å². The first-order valence-corrected chi connectivity index (χ1v) is 12.1. The van der Waals surface area contributed by atoms with Crippen LogP contribution in [0.5, 0.6) is 17.2 Å². The molecule has 0 spiro atoms. The molecule has 1 amide bonds. The Bertz CT molecular complexity index is 1140. The Kier molecular flexibility index (Phi) is 8.63. The molecular weight excluding hydrogens is 460 g/mol. The molecule has 1 atom stereocenters. The van der Waals surface area contributed by atoms with Crippen LogP contribution in [0.2, 0.25) is 0 Å². The maximum Gasteiger partial charge on any atom is 0.295 e. The Morgan fingerprint density at radius 3 is 2.31 bits per heavy atom. The highest BCUT2D eigenvalue weighted by Crippen LogP contribution is 2.42. The number of rotatable bonds is 10. The molecule has 2 aromatic carbocycles. The van der Waals surface area contributed by atoms with Crippen LogP contribution in [0.4, 0.5) is 0 Å². The highest BCUT2D eigenvalue weighted by atomic mass is 16.5. The van der Waals surface area contributed by atoms with Crippen molar-refractivity contribution in [2.75, 3.05) is 34.3 Å². The van der Waals surface area contributed by atoms with Crippen molar-refractivity contribution in [1.82, 2.24) is 9.80 Å². The molecule has 0 bridgehead atoms. The van der Waals surface area contributed by atoms with E-state index in [2.05, 4.69) is 0 Å². The second-order valence-corrected chi connectivity index (χ2v) is 9.57. The van der Waals surface area contributed by atoms with Crippen molar-refractivity contribution in [1.29, 1.82) is 0 Å². The molecule has 194 valence electrons. The van der Waals surface area contributed by atoms with Gasteiger partial charge >= 0.3 is 0 Å². The minimum atomic E-state index is -0.790. The van der Waals surface area contributed by atoms with Gasteiger partial charge in [0.2, 0.25) is 0 Å². The Labute approximate surface area is 213 Å². The zero-order chi connectivity index (χ0) is 26.6. The minimum absolute atomic E-state index is 0.0278. The normalized spacial score (nSPS) is 17.4. The number of likely N-dealkylation sites (N-methyl/N-ethyl adjacent to an activating group) is 1. The van der Waals surface area contributed by atoms with Gasteiger partial charge in [0, 0.05) is 18.7 Å². The van der Waals surface area contributed by atoms with E-state index in [0.29, 0.717) is 41.5 Å². The molecule has 8 nitrogen and oxygen atoms in total. The summed E-state index contributed by atoms with van der Waals surface area (Å²) in [4.78, 5) is 29.9. The number of methoxy groups -OCH3 is 1. The number of carbonyl (C=O) groups is 2. The molecule has 1 aliphatic heterocycles. The predicted octanol–water partition coefficient (Wildman–Crippen LogP) is 4.25. The number of hydrogen-bond donors (Lipinski definition) is 1. The lowest BCUT2D eigenvalue weighted by Crippen LogP contribution is -2.35. The summed E-state index contributed by atoms with van der Waals surface area (Å²) in [7, 11) is 5.33. The molecule has 1 aliphatic rings. The molecule has 36 heavy (non-hydrogen) atoms. The molecule has 3 rings (SSSR count). The lowest BCUT2D eigenvalue weighted by Gasteiger charge is -2.27. The second kappa shape index (κ2) is 11.5. The summed E-state index contributed by atoms with van der Waals surface area (Å²) in [5, 5.41) is 11.4. The number of ketones is 1. The number of ether oxygens (including phenoxy) is 3. The molecule has 0 saturated carbocycles. The third kappa shape index (κ3) is 5.99. The second-order valence-electron chi connectivity index (χ2n) is 9.57. The van der Waals surface area contributed by atoms with Crippen molar-refractivity contribution in [3.63, 3.8) is 0 Å². The maximum absolute atomic E-state index is 13.3. The summed E-state index contributed by atoms with van der Waals surface area (Å²) < 4.78 is 17.1. The third-order valence-corrected chi connectivity index (χ3v) is 5.67. The topological polar surface area (TPSA) is 88.5 Å². The van der Waals surface area contributed by atoms with Gasteiger partial charge < -0.3 is 29.1 Å². The molecular formula is C28H36N2O6. The van der Waals surface area contributed by atoms with Gasteiger partial charge in [-0.3, -0.25) is 9.59 Å². The van der Waals surface area contributed by atoms with E-state index in [1.165, 1.54) is 12.0 Å². The predicted molar refractivity (Wildman–Crippen MR) is 139 cm³/mol. The average Bonchev–Trinajstić information content (AvgIpc) is 3.06. The van der Waals surface area contributed by atoms with Crippen molar-refractivity contribution in [2.24, 2.45) is 0 Å². The molecule has 0 aliphatic carbocycles. The third-order valence-electron chi connectivity index (χ3n) is 5.67. The van der Waals surface area contributed by atoms with E-state index < -0.39 is 17.7 Å². The summed E-state index contributed by atoms with van der Waals surface area (Å²) in [6.45, 7) is 8.50. The van der Waals surface area contributed by atoms with Crippen molar-refractivity contribution >= 4 is 17.4 Å². The first-order valence-electron chi connectivity index (χ1n) is 12.1. The van der Waals surface area contributed by atoms with Crippen LogP contribution in [0, 0.1) is 0 Å². The van der Waals surface area contributed by atoms with Crippen LogP contribution in [0.1, 0.15) is 44.9 Å². The van der Waals surface area contributed by atoms with Crippen molar-refractivity contribution in [2.45, 2.75) is 45.9 Å². The molecule has 1 heterocycles. The van der Waals surface area contributed by atoms with Crippen LogP contribution in [0.25, 0.3) is 5.76 Å². The fourth-order valence-electron chi connectivity index (χ4n) is 4.11. The van der Waals surface area contributed by atoms with E-state index in [1.807, 2.05) is 46.7 Å². The van der Waals surface area contributed by atoms with Crippen LogP contribution in [0.3, 0.4) is 0 Å². The van der Waals surface area contributed by atoms with E-state index in [0.717, 1.165) is 0 Å². The fraction of sp³-hybridized carbons (Fsp3) is 0.429. The highest BCUT2D eigenvalue weighted by Gasteiger charge is 2.46. The van der Waals surface area contributed by atoms with E-state index in [-0.39, 0.29) is 23.5 Å². The average molecular weight is 497 g/mol. The van der Waals surface area contributed by atoms with Gasteiger partial charge in [0.1, 0.15) is 11.5 Å².